The van der Waals surface area contributed by atoms with Gasteiger partial charge in [-0.05, 0) is 60.5 Å². The number of halogens is 5. The number of carbonyl (C=O) groups excluding carboxylic acids is 1. The van der Waals surface area contributed by atoms with Crippen LogP contribution in [0.3, 0.4) is 0 Å². The molecular weight excluding hydrogens is 522 g/mol. The number of alkyl halides is 3. The van der Waals surface area contributed by atoms with Crippen molar-refractivity contribution in [2.45, 2.75) is 13.1 Å². The van der Waals surface area contributed by atoms with E-state index in [0.717, 1.165) is 11.6 Å². The summed E-state index contributed by atoms with van der Waals surface area (Å²) in [7, 11) is 0. The van der Waals surface area contributed by atoms with Crippen molar-refractivity contribution < 1.29 is 27.6 Å². The molecule has 184 valence electrons. The van der Waals surface area contributed by atoms with Crippen molar-refractivity contribution in [3.8, 4) is 17.6 Å². The zero-order chi connectivity index (χ0) is 26.6. The van der Waals surface area contributed by atoms with E-state index in [0.29, 0.717) is 28.4 Å². The van der Waals surface area contributed by atoms with E-state index in [2.05, 4.69) is 5.32 Å². The van der Waals surface area contributed by atoms with Crippen LogP contribution in [0, 0.1) is 28.4 Å². The van der Waals surface area contributed by atoms with E-state index in [4.69, 9.17) is 27.9 Å². The van der Waals surface area contributed by atoms with E-state index >= 15 is 0 Å². The first-order valence-electron chi connectivity index (χ1n) is 9.91. The van der Waals surface area contributed by atoms with Gasteiger partial charge in [-0.25, -0.2) is 0 Å². The van der Waals surface area contributed by atoms with Gasteiger partial charge in [0.1, 0.15) is 17.4 Å². The van der Waals surface area contributed by atoms with Gasteiger partial charge in [-0.2, -0.15) is 18.4 Å². The van der Waals surface area contributed by atoms with Gasteiger partial charge in [-0.3, -0.25) is 14.9 Å². The molecule has 7 nitrogen and oxygen atoms in total. The molecule has 0 saturated heterocycles. The minimum atomic E-state index is -4.77. The molecule has 0 spiro atoms. The topological polar surface area (TPSA) is 105 Å². The third kappa shape index (κ3) is 6.33. The average molecular weight is 536 g/mol. The van der Waals surface area contributed by atoms with Gasteiger partial charge >= 0.3 is 11.9 Å². The van der Waals surface area contributed by atoms with Gasteiger partial charge in [-0.15, -0.1) is 0 Å². The molecule has 0 bridgehead atoms. The number of ether oxygens (including phenoxy) is 1. The van der Waals surface area contributed by atoms with Crippen LogP contribution in [-0.2, 0) is 11.0 Å². The normalized spacial score (nSPS) is 11.5. The Kier molecular flexibility index (Phi) is 7.87. The fourth-order valence-corrected chi connectivity index (χ4v) is 3.36. The minimum Gasteiger partial charge on any atom is -0.449 e. The zero-order valence-electron chi connectivity index (χ0n) is 18.2. The predicted octanol–water partition coefficient (Wildman–Crippen LogP) is 7.57. The summed E-state index contributed by atoms with van der Waals surface area (Å²) in [5.74, 6) is -1.24. The van der Waals surface area contributed by atoms with Gasteiger partial charge in [0, 0.05) is 16.8 Å². The lowest BCUT2D eigenvalue weighted by Gasteiger charge is -2.11. The van der Waals surface area contributed by atoms with Crippen LogP contribution in [0.4, 0.5) is 24.5 Å². The highest BCUT2D eigenvalue weighted by Crippen LogP contribution is 2.39. The maximum Gasteiger partial charge on any atom is 0.416 e. The molecule has 0 heterocycles. The molecule has 1 N–H and O–H groups in total. The molecule has 0 aromatic heterocycles. The molecular formula is C24H14Cl2F3N3O4. The standard InChI is InChI=1S/C24H14Cl2F3N3O4/c1-13-2-5-17(25)11-19(13)31-23(33)15(12-30)8-14-3-6-21(18(26)9-14)36-22-7-4-16(24(27,28)29)10-20(22)32(34)35/h2-11H,1H3,(H,31,33)/b15-8-. The quantitative estimate of drug-likeness (QED) is 0.151. The number of nitrogens with zero attached hydrogens (tertiary/aromatic N) is 2. The number of nitriles is 1. The second kappa shape index (κ2) is 10.7. The lowest BCUT2D eigenvalue weighted by atomic mass is 10.1. The van der Waals surface area contributed by atoms with Crippen LogP contribution < -0.4 is 10.1 Å². The van der Waals surface area contributed by atoms with Crippen LogP contribution >= 0.6 is 23.2 Å². The van der Waals surface area contributed by atoms with Crippen LogP contribution in [0.2, 0.25) is 10.0 Å². The number of anilines is 1. The summed E-state index contributed by atoms with van der Waals surface area (Å²) in [4.78, 5) is 22.8. The molecule has 0 fully saturated rings. The molecule has 3 rings (SSSR count). The first-order valence-corrected chi connectivity index (χ1v) is 10.7. The maximum absolute atomic E-state index is 12.9. The minimum absolute atomic E-state index is 0.0682. The highest BCUT2D eigenvalue weighted by molar-refractivity contribution is 6.32. The van der Waals surface area contributed by atoms with E-state index in [1.165, 1.54) is 30.3 Å². The van der Waals surface area contributed by atoms with E-state index in [-0.39, 0.29) is 16.3 Å². The summed E-state index contributed by atoms with van der Waals surface area (Å²) in [5.41, 5.74) is -0.880. The van der Waals surface area contributed by atoms with Crippen molar-refractivity contribution in [2.75, 3.05) is 5.32 Å². The van der Waals surface area contributed by atoms with Crippen LogP contribution in [-0.4, -0.2) is 10.8 Å². The Hall–Kier alpha value is -4.07. The van der Waals surface area contributed by atoms with Crippen molar-refractivity contribution in [3.05, 3.63) is 97.0 Å². The van der Waals surface area contributed by atoms with E-state index in [1.807, 2.05) is 0 Å². The monoisotopic (exact) mass is 535 g/mol. The van der Waals surface area contributed by atoms with E-state index < -0.39 is 34.0 Å². The zero-order valence-corrected chi connectivity index (χ0v) is 19.7. The number of carbonyl (C=O) groups is 1. The molecule has 12 heteroatoms. The third-order valence-corrected chi connectivity index (χ3v) is 5.31. The molecule has 1 amide bonds. The largest absolute Gasteiger partial charge is 0.449 e. The third-order valence-electron chi connectivity index (χ3n) is 4.78. The summed E-state index contributed by atoms with van der Waals surface area (Å²) in [6, 6.07) is 12.5. The van der Waals surface area contributed by atoms with Gasteiger partial charge < -0.3 is 10.1 Å². The predicted molar refractivity (Wildman–Crippen MR) is 128 cm³/mol. The first-order chi connectivity index (χ1) is 16.9. The number of hydrogen-bond acceptors (Lipinski definition) is 5. The molecule has 36 heavy (non-hydrogen) atoms. The van der Waals surface area contributed by atoms with Crippen LogP contribution in [0.15, 0.2) is 60.2 Å². The summed E-state index contributed by atoms with van der Waals surface area (Å²) in [6.45, 7) is 1.75. The first kappa shape index (κ1) is 26.5. The molecule has 3 aromatic carbocycles. The Balaban J connectivity index is 1.85. The fourth-order valence-electron chi connectivity index (χ4n) is 2.96. The van der Waals surface area contributed by atoms with Crippen molar-refractivity contribution in [3.63, 3.8) is 0 Å². The number of hydrogen-bond donors (Lipinski definition) is 1. The van der Waals surface area contributed by atoms with Crippen LogP contribution in [0.25, 0.3) is 6.08 Å². The van der Waals surface area contributed by atoms with Crippen LogP contribution in [0.1, 0.15) is 16.7 Å². The lowest BCUT2D eigenvalue weighted by molar-refractivity contribution is -0.385. The number of benzene rings is 3. The van der Waals surface area contributed by atoms with Crippen molar-refractivity contribution >= 4 is 46.6 Å². The molecule has 0 atom stereocenters. The Bertz CT molecular complexity index is 1430. The Morgan fingerprint density at radius 2 is 1.81 bits per heavy atom. The second-order valence-corrected chi connectivity index (χ2v) is 8.16. The summed E-state index contributed by atoms with van der Waals surface area (Å²) in [6.07, 6.45) is -3.52. The summed E-state index contributed by atoms with van der Waals surface area (Å²) >= 11 is 12.1. The maximum atomic E-state index is 12.9. The van der Waals surface area contributed by atoms with Gasteiger partial charge in [0.25, 0.3) is 5.91 Å². The lowest BCUT2D eigenvalue weighted by Crippen LogP contribution is -2.14. The average Bonchev–Trinajstić information content (AvgIpc) is 2.80. The number of rotatable bonds is 6. The van der Waals surface area contributed by atoms with Gasteiger partial charge in [0.2, 0.25) is 5.75 Å². The van der Waals surface area contributed by atoms with Crippen LogP contribution in [0.5, 0.6) is 11.5 Å². The number of nitro groups is 1. The summed E-state index contributed by atoms with van der Waals surface area (Å²) in [5, 5.41) is 23.6. The van der Waals surface area contributed by atoms with Gasteiger partial charge in [-0.1, -0.05) is 35.3 Å². The second-order valence-electron chi connectivity index (χ2n) is 7.31. The highest BCUT2D eigenvalue weighted by Gasteiger charge is 2.33. The van der Waals surface area contributed by atoms with E-state index in [1.54, 1.807) is 25.1 Å². The van der Waals surface area contributed by atoms with Gasteiger partial charge in [0.15, 0.2) is 0 Å². The number of nitro benzene ring substituents is 1. The van der Waals surface area contributed by atoms with Gasteiger partial charge in [0.05, 0.1) is 15.5 Å². The van der Waals surface area contributed by atoms with E-state index in [9.17, 15) is 33.3 Å². The Morgan fingerprint density at radius 1 is 1.11 bits per heavy atom. The fraction of sp³-hybridized carbons (Fsp3) is 0.0833. The SMILES string of the molecule is Cc1ccc(Cl)cc1NC(=O)/C(C#N)=C\c1ccc(Oc2ccc(C(F)(F)F)cc2[N+](=O)[O-])c(Cl)c1. The van der Waals surface area contributed by atoms with Crippen molar-refractivity contribution in [2.24, 2.45) is 0 Å². The molecule has 0 radical (unpaired) electrons. The summed E-state index contributed by atoms with van der Waals surface area (Å²) < 4.78 is 44.1. The molecule has 0 saturated carbocycles. The number of amides is 1. The Morgan fingerprint density at radius 3 is 2.42 bits per heavy atom. The molecule has 0 aliphatic heterocycles. The molecule has 3 aromatic rings. The Labute approximate surface area is 212 Å². The molecule has 0 aliphatic rings. The van der Waals surface area contributed by atoms with Crippen molar-refractivity contribution in [1.29, 1.82) is 5.26 Å². The van der Waals surface area contributed by atoms with Crippen molar-refractivity contribution in [1.82, 2.24) is 0 Å². The molecule has 0 unspecified atom stereocenters. The smallest absolute Gasteiger partial charge is 0.416 e. The number of nitrogens with one attached hydrogen (secondary N) is 1. The number of aryl methyl sites for hydroxylation is 1. The highest BCUT2D eigenvalue weighted by atomic mass is 35.5. The molecule has 0 aliphatic carbocycles.